The fourth-order valence-electron chi connectivity index (χ4n) is 5.24. The van der Waals surface area contributed by atoms with Crippen LogP contribution in [0.3, 0.4) is 0 Å². The summed E-state index contributed by atoms with van der Waals surface area (Å²) in [5.41, 5.74) is 4.00. The molecule has 10 heteroatoms. The number of amides is 1. The van der Waals surface area contributed by atoms with Gasteiger partial charge in [-0.05, 0) is 61.4 Å². The quantitative estimate of drug-likeness (QED) is 0.308. The number of carbonyl (C=O) groups excluding carboxylic acids is 2. The first-order valence-electron chi connectivity index (χ1n) is 14.1. The summed E-state index contributed by atoms with van der Waals surface area (Å²) in [7, 11) is 1.35. The smallest absolute Gasteiger partial charge is 0.350 e. The minimum absolute atomic E-state index is 0.00399. The van der Waals surface area contributed by atoms with E-state index in [-0.39, 0.29) is 23.6 Å². The Hall–Kier alpha value is -4.70. The Morgan fingerprint density at radius 1 is 0.881 bits per heavy atom. The van der Waals surface area contributed by atoms with E-state index in [1.807, 2.05) is 80.6 Å². The average molecular weight is 569 g/mol. The van der Waals surface area contributed by atoms with Crippen LogP contribution in [0.4, 0.5) is 5.69 Å². The van der Waals surface area contributed by atoms with Gasteiger partial charge in [-0.3, -0.25) is 9.69 Å². The molecule has 2 heterocycles. The highest BCUT2D eigenvalue weighted by molar-refractivity contribution is 5.89. The maximum Gasteiger partial charge on any atom is 0.350 e. The first kappa shape index (κ1) is 28.8. The number of piperazine rings is 1. The van der Waals surface area contributed by atoms with E-state index >= 15 is 0 Å². The van der Waals surface area contributed by atoms with Crippen LogP contribution in [0.2, 0.25) is 0 Å². The molecule has 4 aromatic rings. The van der Waals surface area contributed by atoms with Crippen LogP contribution < -0.4 is 15.9 Å². The van der Waals surface area contributed by atoms with E-state index < -0.39 is 6.04 Å². The third-order valence-corrected chi connectivity index (χ3v) is 7.56. The largest absolute Gasteiger partial charge is 0.465 e. The van der Waals surface area contributed by atoms with Crippen molar-refractivity contribution in [3.8, 4) is 5.69 Å². The molecule has 1 N–H and O–H groups in total. The molecule has 1 unspecified atom stereocenters. The van der Waals surface area contributed by atoms with Crippen LogP contribution in [0, 0.1) is 0 Å². The second-order valence-corrected chi connectivity index (χ2v) is 10.6. The zero-order valence-corrected chi connectivity index (χ0v) is 24.1. The highest BCUT2D eigenvalue weighted by Crippen LogP contribution is 2.25. The summed E-state index contributed by atoms with van der Waals surface area (Å²) in [5.74, 6) is -0.456. The molecule has 1 aliphatic heterocycles. The Kier molecular flexibility index (Phi) is 8.83. The molecule has 0 spiro atoms. The minimum Gasteiger partial charge on any atom is -0.465 e. The number of aromatic nitrogens is 3. The Morgan fingerprint density at radius 2 is 1.52 bits per heavy atom. The molecule has 1 aliphatic rings. The topological polar surface area (TPSA) is 102 Å². The second kappa shape index (κ2) is 12.9. The van der Waals surface area contributed by atoms with Gasteiger partial charge in [0, 0.05) is 38.4 Å². The van der Waals surface area contributed by atoms with E-state index in [4.69, 9.17) is 4.74 Å². The van der Waals surface area contributed by atoms with Crippen LogP contribution in [-0.4, -0.2) is 64.4 Å². The highest BCUT2D eigenvalue weighted by Gasteiger charge is 2.30. The minimum atomic E-state index is -0.422. The maximum atomic E-state index is 13.6. The number of hydrogen-bond acceptors (Lipinski definition) is 7. The molecule has 0 bridgehead atoms. The van der Waals surface area contributed by atoms with Crippen molar-refractivity contribution in [1.82, 2.24) is 24.6 Å². The van der Waals surface area contributed by atoms with E-state index in [1.54, 1.807) is 23.0 Å². The highest BCUT2D eigenvalue weighted by atomic mass is 16.5. The molecule has 1 atom stereocenters. The van der Waals surface area contributed by atoms with Crippen molar-refractivity contribution >= 4 is 17.6 Å². The van der Waals surface area contributed by atoms with Crippen LogP contribution in [-0.2, 0) is 16.1 Å². The molecule has 0 radical (unpaired) electrons. The van der Waals surface area contributed by atoms with Crippen LogP contribution in [0.5, 0.6) is 0 Å². The molecule has 1 saturated heterocycles. The summed E-state index contributed by atoms with van der Waals surface area (Å²) in [4.78, 5) is 42.4. The third kappa shape index (κ3) is 6.28. The number of nitrogens with zero attached hydrogens (tertiary/aromatic N) is 5. The summed E-state index contributed by atoms with van der Waals surface area (Å²) in [6.45, 7) is 7.16. The zero-order valence-electron chi connectivity index (χ0n) is 24.1. The average Bonchev–Trinajstić information content (AvgIpc) is 3.42. The number of rotatable bonds is 9. The van der Waals surface area contributed by atoms with E-state index in [0.29, 0.717) is 25.2 Å². The number of anilines is 1. The van der Waals surface area contributed by atoms with Crippen molar-refractivity contribution in [3.05, 3.63) is 112 Å². The fraction of sp³-hybridized carbons (Fsp3) is 0.312. The SMILES string of the molecule is COC(=O)c1ccc(CNC(=O)C(c2ccccc2)N2CCN(c3ccc(-n4cnn(C(C)C)c4=O)cc3)CC2)cc1. The normalized spacial score (nSPS) is 14.5. The van der Waals surface area contributed by atoms with Crippen molar-refractivity contribution in [2.24, 2.45) is 0 Å². The van der Waals surface area contributed by atoms with Gasteiger partial charge in [-0.1, -0.05) is 42.5 Å². The summed E-state index contributed by atoms with van der Waals surface area (Å²) in [6.07, 6.45) is 1.56. The lowest BCUT2D eigenvalue weighted by atomic mass is 10.0. The molecule has 5 rings (SSSR count). The number of carbonyl (C=O) groups is 2. The lowest BCUT2D eigenvalue weighted by molar-refractivity contribution is -0.127. The van der Waals surface area contributed by atoms with Crippen molar-refractivity contribution in [2.45, 2.75) is 32.5 Å². The van der Waals surface area contributed by atoms with Crippen LogP contribution in [0.1, 0.15) is 47.4 Å². The van der Waals surface area contributed by atoms with Crippen molar-refractivity contribution < 1.29 is 14.3 Å². The molecular weight excluding hydrogens is 532 g/mol. The molecule has 0 aliphatic carbocycles. The standard InChI is InChI=1S/C32H36N6O4/c1-23(2)38-32(41)37(22-34-38)28-15-13-27(14-16-28)35-17-19-36(20-18-35)29(25-7-5-4-6-8-25)30(39)33-21-24-9-11-26(12-10-24)31(40)42-3/h4-16,22-23,29H,17-21H2,1-3H3,(H,33,39). The number of ether oxygens (including phenoxy) is 1. The Balaban J connectivity index is 1.24. The number of nitrogens with one attached hydrogen (secondary N) is 1. The second-order valence-electron chi connectivity index (χ2n) is 10.6. The molecule has 0 saturated carbocycles. The Morgan fingerprint density at radius 3 is 2.12 bits per heavy atom. The van der Waals surface area contributed by atoms with Gasteiger partial charge in [0.2, 0.25) is 5.91 Å². The first-order valence-corrected chi connectivity index (χ1v) is 14.1. The molecule has 1 fully saturated rings. The molecule has 1 aromatic heterocycles. The van der Waals surface area contributed by atoms with Crippen LogP contribution >= 0.6 is 0 Å². The van der Waals surface area contributed by atoms with Crippen LogP contribution in [0.25, 0.3) is 5.69 Å². The predicted octanol–water partition coefficient (Wildman–Crippen LogP) is 3.58. The van der Waals surface area contributed by atoms with Gasteiger partial charge in [0.1, 0.15) is 12.4 Å². The van der Waals surface area contributed by atoms with Gasteiger partial charge in [0.15, 0.2) is 0 Å². The van der Waals surface area contributed by atoms with Gasteiger partial charge < -0.3 is 15.0 Å². The predicted molar refractivity (Wildman–Crippen MR) is 161 cm³/mol. The molecule has 42 heavy (non-hydrogen) atoms. The molecule has 1 amide bonds. The van der Waals surface area contributed by atoms with Crippen LogP contribution in [0.15, 0.2) is 90.0 Å². The van der Waals surface area contributed by atoms with Gasteiger partial charge in [-0.2, -0.15) is 5.10 Å². The van der Waals surface area contributed by atoms with Crippen molar-refractivity contribution in [2.75, 3.05) is 38.2 Å². The van der Waals surface area contributed by atoms with Gasteiger partial charge in [-0.25, -0.2) is 18.8 Å². The monoisotopic (exact) mass is 568 g/mol. The van der Waals surface area contributed by atoms with Gasteiger partial charge in [0.05, 0.1) is 24.4 Å². The van der Waals surface area contributed by atoms with Gasteiger partial charge in [0.25, 0.3) is 0 Å². The van der Waals surface area contributed by atoms with Crippen molar-refractivity contribution in [3.63, 3.8) is 0 Å². The molecule has 3 aromatic carbocycles. The maximum absolute atomic E-state index is 13.6. The Bertz CT molecular complexity index is 1550. The fourth-order valence-corrected chi connectivity index (χ4v) is 5.24. The summed E-state index contributed by atoms with van der Waals surface area (Å²) >= 11 is 0. The Labute approximate surface area is 245 Å². The first-order chi connectivity index (χ1) is 20.4. The van der Waals surface area contributed by atoms with E-state index in [1.165, 1.54) is 11.8 Å². The van der Waals surface area contributed by atoms with Gasteiger partial charge in [-0.15, -0.1) is 0 Å². The lowest BCUT2D eigenvalue weighted by Crippen LogP contribution is -2.51. The number of methoxy groups -OCH3 is 1. The molecule has 218 valence electrons. The summed E-state index contributed by atoms with van der Waals surface area (Å²) in [5, 5.41) is 7.30. The molecular formula is C32H36N6O4. The van der Waals surface area contributed by atoms with E-state index in [9.17, 15) is 14.4 Å². The molecule has 10 nitrogen and oxygen atoms in total. The number of esters is 1. The summed E-state index contributed by atoms with van der Waals surface area (Å²) in [6, 6.07) is 24.4. The van der Waals surface area contributed by atoms with Crippen molar-refractivity contribution in [1.29, 1.82) is 0 Å². The van der Waals surface area contributed by atoms with E-state index in [2.05, 4.69) is 20.2 Å². The zero-order chi connectivity index (χ0) is 29.6. The van der Waals surface area contributed by atoms with E-state index in [0.717, 1.165) is 35.6 Å². The summed E-state index contributed by atoms with van der Waals surface area (Å²) < 4.78 is 7.78. The third-order valence-electron chi connectivity index (χ3n) is 7.56. The van der Waals surface area contributed by atoms with Gasteiger partial charge >= 0.3 is 11.7 Å². The lowest BCUT2D eigenvalue weighted by Gasteiger charge is -2.39. The number of hydrogen-bond donors (Lipinski definition) is 1. The number of benzene rings is 3.